The van der Waals surface area contributed by atoms with Gasteiger partial charge in [0.05, 0.1) is 10.5 Å². The smallest absolute Gasteiger partial charge is 0.345 e. The van der Waals surface area contributed by atoms with E-state index in [4.69, 9.17) is 0 Å². The van der Waals surface area contributed by atoms with Crippen molar-refractivity contribution in [2.75, 3.05) is 26.7 Å². The third kappa shape index (κ3) is 4.94. The van der Waals surface area contributed by atoms with Crippen LogP contribution in [0.4, 0.5) is 13.2 Å². The molecule has 1 saturated heterocycles. The predicted molar refractivity (Wildman–Crippen MR) is 103 cm³/mol. The summed E-state index contributed by atoms with van der Waals surface area (Å²) in [5.74, 6) is 0.249. The summed E-state index contributed by atoms with van der Waals surface area (Å²) < 4.78 is 66.4. The molecule has 1 aromatic rings. The molecule has 0 radical (unpaired) electrons. The van der Waals surface area contributed by atoms with Crippen molar-refractivity contribution in [3.05, 3.63) is 29.8 Å². The number of hydrogen-bond acceptors (Lipinski definition) is 3. The molecule has 2 fully saturated rings. The Bertz CT molecular complexity index is 828. The molecule has 0 unspecified atom stereocenters. The third-order valence-electron chi connectivity index (χ3n) is 6.00. The maximum Gasteiger partial charge on any atom is 0.417 e. The lowest BCUT2D eigenvalue weighted by Gasteiger charge is -2.33. The minimum absolute atomic E-state index is 0.00430. The summed E-state index contributed by atoms with van der Waals surface area (Å²) in [5.41, 5.74) is -1.16. The average Bonchev–Trinajstić information content (AvgIpc) is 3.20. The fourth-order valence-corrected chi connectivity index (χ4v) is 6.07. The van der Waals surface area contributed by atoms with Gasteiger partial charge in [-0.05, 0) is 43.7 Å². The van der Waals surface area contributed by atoms with Crippen molar-refractivity contribution in [1.29, 1.82) is 0 Å². The van der Waals surface area contributed by atoms with Crippen LogP contribution in [-0.4, -0.2) is 50.2 Å². The van der Waals surface area contributed by atoms with Crippen LogP contribution in [0.1, 0.15) is 44.1 Å². The molecule has 29 heavy (non-hydrogen) atoms. The monoisotopic (exact) mass is 432 g/mol. The first-order valence-corrected chi connectivity index (χ1v) is 11.5. The lowest BCUT2D eigenvalue weighted by molar-refractivity contribution is -0.140. The molecule has 0 atom stereocenters. The van der Waals surface area contributed by atoms with Crippen molar-refractivity contribution in [2.45, 2.75) is 49.6 Å². The predicted octanol–water partition coefficient (Wildman–Crippen LogP) is 3.75. The molecule has 0 spiro atoms. The van der Waals surface area contributed by atoms with Gasteiger partial charge in [-0.15, -0.1) is 0 Å². The van der Waals surface area contributed by atoms with E-state index in [0.717, 1.165) is 35.8 Å². The van der Waals surface area contributed by atoms with Gasteiger partial charge in [-0.2, -0.15) is 17.5 Å². The Labute approximate surface area is 169 Å². The van der Waals surface area contributed by atoms with E-state index in [1.54, 1.807) is 11.9 Å². The molecule has 2 aliphatic rings. The van der Waals surface area contributed by atoms with Crippen LogP contribution in [-0.2, 0) is 21.0 Å². The lowest BCUT2D eigenvalue weighted by atomic mass is 9.96. The molecule has 3 rings (SSSR count). The maximum absolute atomic E-state index is 13.2. The Hall–Kier alpha value is -1.61. The third-order valence-corrected chi connectivity index (χ3v) is 7.95. The van der Waals surface area contributed by atoms with Crippen LogP contribution in [0.5, 0.6) is 0 Å². The number of alkyl halides is 3. The number of amides is 1. The van der Waals surface area contributed by atoms with Crippen LogP contribution in [0, 0.1) is 11.8 Å². The molecule has 1 aromatic carbocycles. The van der Waals surface area contributed by atoms with Crippen molar-refractivity contribution in [3.63, 3.8) is 0 Å². The second kappa shape index (κ2) is 8.63. The highest BCUT2D eigenvalue weighted by molar-refractivity contribution is 7.89. The Morgan fingerprint density at radius 3 is 2.28 bits per heavy atom. The van der Waals surface area contributed by atoms with Gasteiger partial charge < -0.3 is 4.90 Å². The van der Waals surface area contributed by atoms with Crippen LogP contribution in [0.2, 0.25) is 0 Å². The first kappa shape index (κ1) is 22.1. The van der Waals surface area contributed by atoms with Crippen LogP contribution in [0.3, 0.4) is 0 Å². The van der Waals surface area contributed by atoms with Gasteiger partial charge in [0.2, 0.25) is 15.9 Å². The minimum Gasteiger partial charge on any atom is -0.345 e. The summed E-state index contributed by atoms with van der Waals surface area (Å²) >= 11 is 0. The van der Waals surface area contributed by atoms with Gasteiger partial charge in [-0.25, -0.2) is 8.42 Å². The maximum atomic E-state index is 13.2. The highest BCUT2D eigenvalue weighted by Crippen LogP contribution is 2.36. The number of hydrogen-bond donors (Lipinski definition) is 0. The first-order chi connectivity index (χ1) is 13.6. The van der Waals surface area contributed by atoms with Crippen LogP contribution in [0.25, 0.3) is 0 Å². The Morgan fingerprint density at radius 2 is 1.69 bits per heavy atom. The van der Waals surface area contributed by atoms with Crippen molar-refractivity contribution in [2.24, 2.45) is 11.8 Å². The fourth-order valence-electron chi connectivity index (χ4n) is 4.39. The van der Waals surface area contributed by atoms with Gasteiger partial charge in [0.1, 0.15) is 0 Å². The number of sulfonamides is 1. The lowest BCUT2D eigenvalue weighted by Crippen LogP contribution is -2.44. The Kier molecular flexibility index (Phi) is 6.57. The largest absolute Gasteiger partial charge is 0.417 e. The molecule has 162 valence electrons. The van der Waals surface area contributed by atoms with Gasteiger partial charge in [0.25, 0.3) is 0 Å². The number of benzene rings is 1. The average molecular weight is 433 g/mol. The fraction of sp³-hybridized carbons (Fsp3) is 0.650. The van der Waals surface area contributed by atoms with Gasteiger partial charge in [-0.3, -0.25) is 4.79 Å². The van der Waals surface area contributed by atoms with E-state index in [9.17, 15) is 26.4 Å². The molecule has 0 bridgehead atoms. The number of halogens is 3. The zero-order valence-electron chi connectivity index (χ0n) is 16.5. The zero-order valence-corrected chi connectivity index (χ0v) is 17.3. The van der Waals surface area contributed by atoms with Gasteiger partial charge in [0, 0.05) is 32.6 Å². The van der Waals surface area contributed by atoms with E-state index in [1.807, 2.05) is 0 Å². The molecule has 1 saturated carbocycles. The summed E-state index contributed by atoms with van der Waals surface area (Å²) in [7, 11) is -2.49. The first-order valence-electron chi connectivity index (χ1n) is 10.0. The van der Waals surface area contributed by atoms with E-state index >= 15 is 0 Å². The van der Waals surface area contributed by atoms with E-state index in [0.29, 0.717) is 18.8 Å². The van der Waals surface area contributed by atoms with Crippen molar-refractivity contribution >= 4 is 15.9 Å². The molecule has 0 N–H and O–H groups in total. The summed E-state index contributed by atoms with van der Waals surface area (Å²) in [5, 5.41) is 0. The number of nitrogens with zero attached hydrogens (tertiary/aromatic N) is 2. The SMILES string of the molecule is CN(CC1CCCC1)C(=O)C1CCN(S(=O)(=O)c2ccccc2C(F)(F)F)CC1. The van der Waals surface area contributed by atoms with Gasteiger partial charge >= 0.3 is 6.18 Å². The Balaban J connectivity index is 1.65. The van der Waals surface area contributed by atoms with Crippen LogP contribution >= 0.6 is 0 Å². The topological polar surface area (TPSA) is 57.7 Å². The molecule has 1 aliphatic carbocycles. The summed E-state index contributed by atoms with van der Waals surface area (Å²) in [6.07, 6.45) is 0.550. The molecule has 1 amide bonds. The van der Waals surface area contributed by atoms with E-state index in [2.05, 4.69) is 0 Å². The van der Waals surface area contributed by atoms with Crippen LogP contribution < -0.4 is 0 Å². The molecule has 1 heterocycles. The number of carbonyl (C=O) groups is 1. The zero-order chi connectivity index (χ0) is 21.2. The summed E-state index contributed by atoms with van der Waals surface area (Å²) in [6, 6.07) is 4.23. The van der Waals surface area contributed by atoms with E-state index in [-0.39, 0.29) is 24.9 Å². The summed E-state index contributed by atoms with van der Waals surface area (Å²) in [6.45, 7) is 0.806. The van der Waals surface area contributed by atoms with Gasteiger partial charge in [-0.1, -0.05) is 25.0 Å². The van der Waals surface area contributed by atoms with Crippen molar-refractivity contribution < 1.29 is 26.4 Å². The molecule has 0 aromatic heterocycles. The van der Waals surface area contributed by atoms with Gasteiger partial charge in [0.15, 0.2) is 0 Å². The van der Waals surface area contributed by atoms with E-state index in [1.165, 1.54) is 25.0 Å². The number of piperidine rings is 1. The van der Waals surface area contributed by atoms with E-state index < -0.39 is 26.7 Å². The Morgan fingerprint density at radius 1 is 1.10 bits per heavy atom. The number of carbonyl (C=O) groups excluding carboxylic acids is 1. The summed E-state index contributed by atoms with van der Waals surface area (Å²) in [4.78, 5) is 13.7. The number of rotatable bonds is 5. The molecular formula is C20H27F3N2O3S. The molecule has 5 nitrogen and oxygen atoms in total. The molecule has 9 heteroatoms. The standard InChI is InChI=1S/C20H27F3N2O3S/c1-24(14-15-6-2-3-7-15)19(26)16-10-12-25(13-11-16)29(27,28)18-9-5-4-8-17(18)20(21,22)23/h4-5,8-9,15-16H,2-3,6-7,10-14H2,1H3. The molecule has 1 aliphatic heterocycles. The highest BCUT2D eigenvalue weighted by atomic mass is 32.2. The molecular weight excluding hydrogens is 405 g/mol. The quantitative estimate of drug-likeness (QED) is 0.712. The second-order valence-electron chi connectivity index (χ2n) is 8.04. The minimum atomic E-state index is -4.75. The van der Waals surface area contributed by atoms with Crippen molar-refractivity contribution in [3.8, 4) is 0 Å². The normalized spacial score (nSPS) is 20.1. The second-order valence-corrected chi connectivity index (χ2v) is 9.95. The van der Waals surface area contributed by atoms with Crippen LogP contribution in [0.15, 0.2) is 29.2 Å². The van der Waals surface area contributed by atoms with Crippen molar-refractivity contribution in [1.82, 2.24) is 9.21 Å². The highest BCUT2D eigenvalue weighted by Gasteiger charge is 2.40.